The highest BCUT2D eigenvalue weighted by atomic mass is 16.2. The Morgan fingerprint density at radius 2 is 2.54 bits per heavy atom. The van der Waals surface area contributed by atoms with Crippen molar-refractivity contribution in [3.05, 3.63) is 12.7 Å². The molecule has 1 fully saturated rings. The fourth-order valence-corrected chi connectivity index (χ4v) is 1.54. The number of nitrogens with zero attached hydrogens (tertiary/aromatic N) is 1. The summed E-state index contributed by atoms with van der Waals surface area (Å²) in [6.45, 7) is 6.47. The van der Waals surface area contributed by atoms with Crippen LogP contribution in [0.2, 0.25) is 0 Å². The lowest BCUT2D eigenvalue weighted by atomic mass is 10.0. The highest BCUT2D eigenvalue weighted by Gasteiger charge is 2.23. The normalized spacial score (nSPS) is 22.7. The minimum absolute atomic E-state index is 0.00757. The van der Waals surface area contributed by atoms with Crippen molar-refractivity contribution in [2.45, 2.75) is 6.42 Å². The predicted octanol–water partition coefficient (Wildman–Crippen LogP) is 0.163. The molecule has 1 aliphatic heterocycles. The van der Waals surface area contributed by atoms with Gasteiger partial charge in [0.1, 0.15) is 0 Å². The minimum Gasteiger partial charge on any atom is -0.338 e. The van der Waals surface area contributed by atoms with E-state index in [0.717, 1.165) is 19.5 Å². The van der Waals surface area contributed by atoms with Gasteiger partial charge in [0.05, 0.1) is 0 Å². The van der Waals surface area contributed by atoms with E-state index in [1.807, 2.05) is 0 Å². The average Bonchev–Trinajstić information content (AvgIpc) is 2.12. The van der Waals surface area contributed by atoms with Crippen LogP contribution in [0, 0.1) is 5.92 Å². The van der Waals surface area contributed by atoms with Crippen LogP contribution in [0.15, 0.2) is 12.7 Å². The summed E-state index contributed by atoms with van der Waals surface area (Å²) in [5.74, 6) is 0.489. The van der Waals surface area contributed by atoms with Crippen LogP contribution in [-0.2, 0) is 0 Å². The van der Waals surface area contributed by atoms with Crippen LogP contribution >= 0.6 is 0 Å². The molecule has 4 nitrogen and oxygen atoms in total. The zero-order valence-corrected chi connectivity index (χ0v) is 7.83. The first-order valence-electron chi connectivity index (χ1n) is 4.61. The molecule has 0 bridgehead atoms. The van der Waals surface area contributed by atoms with Crippen molar-refractivity contribution in [3.8, 4) is 0 Å². The molecule has 0 aromatic rings. The van der Waals surface area contributed by atoms with Gasteiger partial charge in [-0.15, -0.1) is 6.58 Å². The van der Waals surface area contributed by atoms with Gasteiger partial charge in [0.25, 0.3) is 0 Å². The van der Waals surface area contributed by atoms with Crippen molar-refractivity contribution >= 4 is 6.03 Å². The van der Waals surface area contributed by atoms with E-state index in [0.29, 0.717) is 19.0 Å². The Kier molecular flexibility index (Phi) is 3.76. The van der Waals surface area contributed by atoms with E-state index < -0.39 is 0 Å². The second-order valence-corrected chi connectivity index (χ2v) is 3.32. The Hall–Kier alpha value is -1.03. The molecular weight excluding hydrogens is 166 g/mol. The van der Waals surface area contributed by atoms with Gasteiger partial charge in [0, 0.05) is 19.6 Å². The van der Waals surface area contributed by atoms with Gasteiger partial charge in [-0.1, -0.05) is 6.08 Å². The summed E-state index contributed by atoms with van der Waals surface area (Å²) in [7, 11) is 0. The summed E-state index contributed by atoms with van der Waals surface area (Å²) in [6.07, 6.45) is 2.71. The lowest BCUT2D eigenvalue weighted by Crippen LogP contribution is -2.51. The number of urea groups is 1. The van der Waals surface area contributed by atoms with E-state index in [-0.39, 0.29) is 6.03 Å². The van der Waals surface area contributed by atoms with Crippen LogP contribution < -0.4 is 11.1 Å². The maximum Gasteiger partial charge on any atom is 0.317 e. The molecule has 1 rings (SSSR count). The molecule has 1 atom stereocenters. The molecule has 2 amide bonds. The quantitative estimate of drug-likeness (QED) is 0.610. The summed E-state index contributed by atoms with van der Waals surface area (Å²) in [6, 6.07) is 0.00757. The highest BCUT2D eigenvalue weighted by molar-refractivity contribution is 5.75. The van der Waals surface area contributed by atoms with E-state index >= 15 is 0 Å². The summed E-state index contributed by atoms with van der Waals surface area (Å²) in [5.41, 5.74) is 5.46. The lowest BCUT2D eigenvalue weighted by molar-refractivity contribution is 0.172. The molecule has 0 saturated carbocycles. The minimum atomic E-state index is 0.00757. The molecule has 1 saturated heterocycles. The first-order valence-corrected chi connectivity index (χ1v) is 4.61. The standard InChI is InChI=1S/C9H17N3O/c1-2-5-12-7-8(3-4-10)6-11-9(12)13/h2,8H,1,3-7,10H2,(H,11,13). The number of nitrogens with one attached hydrogen (secondary N) is 1. The number of hydrogen-bond donors (Lipinski definition) is 2. The van der Waals surface area contributed by atoms with Crippen LogP contribution in [0.3, 0.4) is 0 Å². The van der Waals surface area contributed by atoms with E-state index in [2.05, 4.69) is 11.9 Å². The molecule has 0 aromatic carbocycles. The molecule has 0 aliphatic carbocycles. The molecular formula is C9H17N3O. The van der Waals surface area contributed by atoms with Crippen LogP contribution in [0.4, 0.5) is 4.79 Å². The Balaban J connectivity index is 2.42. The van der Waals surface area contributed by atoms with Crippen molar-refractivity contribution in [3.63, 3.8) is 0 Å². The first kappa shape index (κ1) is 10.1. The number of amides is 2. The SMILES string of the molecule is C=CCN1CC(CCN)CNC1=O. The van der Waals surface area contributed by atoms with Crippen molar-refractivity contribution in [1.29, 1.82) is 0 Å². The van der Waals surface area contributed by atoms with E-state index in [4.69, 9.17) is 5.73 Å². The van der Waals surface area contributed by atoms with Gasteiger partial charge in [-0.3, -0.25) is 0 Å². The topological polar surface area (TPSA) is 58.4 Å². The Bertz CT molecular complexity index is 193. The van der Waals surface area contributed by atoms with Gasteiger partial charge in [-0.25, -0.2) is 4.79 Å². The number of carbonyl (C=O) groups excluding carboxylic acids is 1. The Morgan fingerprint density at radius 1 is 1.77 bits per heavy atom. The van der Waals surface area contributed by atoms with Gasteiger partial charge >= 0.3 is 6.03 Å². The molecule has 0 aromatic heterocycles. The zero-order chi connectivity index (χ0) is 9.68. The van der Waals surface area contributed by atoms with Crippen molar-refractivity contribution in [1.82, 2.24) is 10.2 Å². The summed E-state index contributed by atoms with van der Waals surface area (Å²) < 4.78 is 0. The van der Waals surface area contributed by atoms with E-state index in [9.17, 15) is 4.79 Å². The zero-order valence-electron chi connectivity index (χ0n) is 7.83. The van der Waals surface area contributed by atoms with Crippen molar-refractivity contribution in [2.75, 3.05) is 26.2 Å². The fraction of sp³-hybridized carbons (Fsp3) is 0.667. The fourth-order valence-electron chi connectivity index (χ4n) is 1.54. The van der Waals surface area contributed by atoms with Crippen LogP contribution in [-0.4, -0.2) is 37.1 Å². The third kappa shape index (κ3) is 2.73. The summed E-state index contributed by atoms with van der Waals surface area (Å²) >= 11 is 0. The van der Waals surface area contributed by atoms with Crippen LogP contribution in [0.5, 0.6) is 0 Å². The van der Waals surface area contributed by atoms with Crippen molar-refractivity contribution < 1.29 is 4.79 Å². The largest absolute Gasteiger partial charge is 0.338 e. The number of hydrogen-bond acceptors (Lipinski definition) is 2. The number of carbonyl (C=O) groups is 1. The van der Waals surface area contributed by atoms with Crippen molar-refractivity contribution in [2.24, 2.45) is 11.7 Å². The average molecular weight is 183 g/mol. The van der Waals surface area contributed by atoms with Crippen LogP contribution in [0.25, 0.3) is 0 Å². The molecule has 1 aliphatic rings. The maximum absolute atomic E-state index is 11.3. The Labute approximate surface area is 78.8 Å². The molecule has 0 spiro atoms. The van der Waals surface area contributed by atoms with Gasteiger partial charge in [-0.2, -0.15) is 0 Å². The molecule has 3 N–H and O–H groups in total. The van der Waals surface area contributed by atoms with Gasteiger partial charge in [-0.05, 0) is 18.9 Å². The molecule has 4 heteroatoms. The molecule has 0 radical (unpaired) electrons. The van der Waals surface area contributed by atoms with Crippen LogP contribution in [0.1, 0.15) is 6.42 Å². The number of nitrogens with two attached hydrogens (primary N) is 1. The smallest absolute Gasteiger partial charge is 0.317 e. The monoisotopic (exact) mass is 183 g/mol. The Morgan fingerprint density at radius 3 is 3.15 bits per heavy atom. The molecule has 13 heavy (non-hydrogen) atoms. The summed E-state index contributed by atoms with van der Waals surface area (Å²) in [5, 5.41) is 2.84. The predicted molar refractivity (Wildman–Crippen MR) is 52.3 cm³/mol. The second kappa shape index (κ2) is 4.87. The molecule has 1 heterocycles. The highest BCUT2D eigenvalue weighted by Crippen LogP contribution is 2.09. The second-order valence-electron chi connectivity index (χ2n) is 3.32. The van der Waals surface area contributed by atoms with Gasteiger partial charge in [0.15, 0.2) is 0 Å². The molecule has 1 unspecified atom stereocenters. The lowest BCUT2D eigenvalue weighted by Gasteiger charge is -2.32. The first-order chi connectivity index (χ1) is 6.27. The third-order valence-electron chi connectivity index (χ3n) is 2.23. The maximum atomic E-state index is 11.3. The van der Waals surface area contributed by atoms with E-state index in [1.165, 1.54) is 0 Å². The number of rotatable bonds is 4. The third-order valence-corrected chi connectivity index (χ3v) is 2.23. The van der Waals surface area contributed by atoms with Gasteiger partial charge < -0.3 is 16.0 Å². The van der Waals surface area contributed by atoms with E-state index in [1.54, 1.807) is 11.0 Å². The molecule has 74 valence electrons. The summed E-state index contributed by atoms with van der Waals surface area (Å²) in [4.78, 5) is 13.0. The van der Waals surface area contributed by atoms with Gasteiger partial charge in [0.2, 0.25) is 0 Å².